The number of amides is 2. The first-order valence-electron chi connectivity index (χ1n) is 23.9. The number of piperidine rings is 1. The van der Waals surface area contributed by atoms with E-state index in [9.17, 15) is 22.8 Å². The molecule has 0 saturated carbocycles. The Morgan fingerprint density at radius 1 is 0.944 bits per heavy atom. The summed E-state index contributed by atoms with van der Waals surface area (Å²) >= 11 is 7.61. The quantitative estimate of drug-likeness (QED) is 0.0190. The summed E-state index contributed by atoms with van der Waals surface area (Å²) in [5.41, 5.74) is 6.53. The van der Waals surface area contributed by atoms with Crippen LogP contribution in [-0.2, 0) is 16.1 Å². The number of carbonyl (C=O) groups excluding carboxylic acids is 2. The third-order valence-electron chi connectivity index (χ3n) is 12.3. The van der Waals surface area contributed by atoms with Gasteiger partial charge < -0.3 is 25.8 Å². The summed E-state index contributed by atoms with van der Waals surface area (Å²) in [7, 11) is -0.180. The molecule has 71 heavy (non-hydrogen) atoms. The number of benzene rings is 3. The Balaban J connectivity index is 0.000000297. The first kappa shape index (κ1) is 54.6. The van der Waals surface area contributed by atoms with Gasteiger partial charge in [0.25, 0.3) is 0 Å². The van der Waals surface area contributed by atoms with Gasteiger partial charge >= 0.3 is 6.18 Å². The SMILES string of the molecule is CC(=N)N1C(=N)CN=C(c2ccc(Cl)cc2)c2c1sc(C)c2C.CC(=O)NCCCCCCNC(=O)CN1CCC(Nc2cccc3c2cc(C#CCNc2ccc(P(C)C)cc2)n3CC(F)(F)F)CC1. The molecular formula is C53H65ClF3N10O2PS. The average molecular weight is 1030 g/mol. The summed E-state index contributed by atoms with van der Waals surface area (Å²) in [4.78, 5) is 33.0. The molecular weight excluding hydrogens is 964 g/mol. The number of halogens is 4. The van der Waals surface area contributed by atoms with Gasteiger partial charge in [0.1, 0.15) is 23.2 Å². The molecule has 2 aliphatic rings. The highest BCUT2D eigenvalue weighted by Crippen LogP contribution is 2.39. The highest BCUT2D eigenvalue weighted by Gasteiger charge is 2.31. The molecule has 0 atom stereocenters. The Labute approximate surface area is 426 Å². The number of fused-ring (bicyclic) bond motifs is 2. The summed E-state index contributed by atoms with van der Waals surface area (Å²) in [5.74, 6) is 6.66. The second-order valence-corrected chi connectivity index (χ2v) is 22.0. The fourth-order valence-electron chi connectivity index (χ4n) is 8.50. The standard InChI is InChI=1S/C36H48F3N6O2P.C17H17ClN4S/c1-27(46)40-19-6-4-5-7-20-42-35(47)25-44-22-17-29(18-23-44)43-33-11-8-12-34-32(33)24-30(45(34)26-36(37,38)39)10-9-21-41-28-13-15-31(16-14-28)48(2)3;1-9-10(2)23-17-15(9)16(12-4-6-13(18)7-5-12)21-8-14(20)22(17)11(3)19/h8,11-16,24,29,41,43H,4-7,17-23,25-26H2,1-3H3,(H,40,46)(H,42,47);4-7,19-20H,8H2,1-3H3. The summed E-state index contributed by atoms with van der Waals surface area (Å²) in [6.45, 7) is 14.4. The number of hydrogen-bond donors (Lipinski definition) is 6. The van der Waals surface area contributed by atoms with Gasteiger partial charge in [-0.25, -0.2) is 0 Å². The van der Waals surface area contributed by atoms with E-state index in [0.717, 1.165) is 90.4 Å². The average Bonchev–Trinajstić information content (AvgIpc) is 3.75. The molecule has 3 aromatic carbocycles. The number of aromatic nitrogens is 1. The van der Waals surface area contributed by atoms with Crippen molar-refractivity contribution in [2.75, 3.05) is 74.7 Å². The Morgan fingerprint density at radius 2 is 1.62 bits per heavy atom. The van der Waals surface area contributed by atoms with E-state index >= 15 is 0 Å². The molecule has 0 unspecified atom stereocenters. The van der Waals surface area contributed by atoms with E-state index in [2.05, 4.69) is 82.3 Å². The first-order valence-corrected chi connectivity index (χ1v) is 27.3. The molecule has 0 radical (unpaired) electrons. The summed E-state index contributed by atoms with van der Waals surface area (Å²) in [5, 5.41) is 32.5. The predicted molar refractivity (Wildman–Crippen MR) is 291 cm³/mol. The summed E-state index contributed by atoms with van der Waals surface area (Å²) in [6, 6.07) is 23.1. The number of aryl methyl sites for hydroxylation is 1. The van der Waals surface area contributed by atoms with E-state index in [1.165, 1.54) is 21.7 Å². The molecule has 1 fully saturated rings. The maximum atomic E-state index is 13.7. The number of anilines is 3. The number of nitrogens with one attached hydrogen (secondary N) is 6. The van der Waals surface area contributed by atoms with E-state index in [4.69, 9.17) is 22.4 Å². The fourth-order valence-corrected chi connectivity index (χ4v) is 10.6. The molecule has 2 aromatic heterocycles. The van der Waals surface area contributed by atoms with Gasteiger partial charge in [0.15, 0.2) is 0 Å². The third kappa shape index (κ3) is 15.6. The van der Waals surface area contributed by atoms with Crippen LogP contribution in [-0.4, -0.2) is 110 Å². The van der Waals surface area contributed by atoms with Crippen molar-refractivity contribution in [1.29, 1.82) is 10.8 Å². The van der Waals surface area contributed by atoms with E-state index in [0.29, 0.717) is 59.5 Å². The molecule has 2 amide bonds. The second-order valence-electron chi connectivity index (χ2n) is 18.0. The van der Waals surface area contributed by atoms with Gasteiger partial charge in [-0.1, -0.05) is 68.6 Å². The van der Waals surface area contributed by atoms with Gasteiger partial charge in [-0.05, 0) is 119 Å². The Morgan fingerprint density at radius 3 is 2.25 bits per heavy atom. The second kappa shape index (κ2) is 25.6. The van der Waals surface area contributed by atoms with Gasteiger partial charge in [-0.3, -0.25) is 35.2 Å². The number of likely N-dealkylation sites (tertiary alicyclic amines) is 1. The van der Waals surface area contributed by atoms with Crippen LogP contribution >= 0.6 is 30.9 Å². The normalized spacial score (nSPS) is 14.2. The Kier molecular flexibility index (Phi) is 19.7. The fraction of sp³-hybridized carbons (Fsp3) is 0.415. The Hall–Kier alpha value is -5.72. The number of rotatable bonds is 16. The molecule has 12 nitrogen and oxygen atoms in total. The first-order chi connectivity index (χ1) is 33.9. The lowest BCUT2D eigenvalue weighted by atomic mass is 10.00. The highest BCUT2D eigenvalue weighted by atomic mass is 35.5. The van der Waals surface area contributed by atoms with E-state index in [-0.39, 0.29) is 32.3 Å². The number of amidine groups is 2. The minimum Gasteiger partial charge on any atom is -0.382 e. The molecule has 18 heteroatoms. The largest absolute Gasteiger partial charge is 0.406 e. The van der Waals surface area contributed by atoms with Gasteiger partial charge in [-0.2, -0.15) is 13.2 Å². The van der Waals surface area contributed by atoms with Crippen molar-refractivity contribution in [2.45, 2.75) is 85.0 Å². The topological polar surface area (TPSA) is 154 Å². The van der Waals surface area contributed by atoms with Crippen molar-refractivity contribution in [3.8, 4) is 11.8 Å². The maximum Gasteiger partial charge on any atom is 0.406 e. The van der Waals surface area contributed by atoms with Gasteiger partial charge in [0.2, 0.25) is 11.8 Å². The number of alkyl halides is 3. The smallest absolute Gasteiger partial charge is 0.382 e. The number of carbonyl (C=O) groups is 2. The minimum atomic E-state index is -4.39. The molecule has 0 spiro atoms. The lowest BCUT2D eigenvalue weighted by molar-refractivity contribution is -0.140. The molecule has 1 saturated heterocycles. The van der Waals surface area contributed by atoms with Crippen molar-refractivity contribution in [1.82, 2.24) is 20.1 Å². The maximum absolute atomic E-state index is 13.7. The number of thiophene rings is 1. The number of unbranched alkanes of at least 4 members (excludes halogenated alkanes) is 3. The molecule has 2 aliphatic heterocycles. The van der Waals surface area contributed by atoms with Crippen LogP contribution in [0.5, 0.6) is 0 Å². The lowest BCUT2D eigenvalue weighted by Gasteiger charge is -2.32. The Bertz CT molecular complexity index is 2750. The molecule has 5 aromatic rings. The number of aliphatic imine (C=N–C) groups is 1. The van der Waals surface area contributed by atoms with Crippen molar-refractivity contribution < 1.29 is 22.8 Å². The van der Waals surface area contributed by atoms with E-state index in [1.807, 2.05) is 42.5 Å². The highest BCUT2D eigenvalue weighted by molar-refractivity contribution is 7.64. The minimum absolute atomic E-state index is 0.0114. The molecule has 0 aliphatic carbocycles. The number of hydrogen-bond acceptors (Lipinski definition) is 9. The predicted octanol–water partition coefficient (Wildman–Crippen LogP) is 10.4. The van der Waals surface area contributed by atoms with Crippen LogP contribution in [0.3, 0.4) is 0 Å². The summed E-state index contributed by atoms with van der Waals surface area (Å²) in [6.07, 6.45) is 1.10. The van der Waals surface area contributed by atoms with Crippen LogP contribution in [0.1, 0.15) is 79.6 Å². The van der Waals surface area contributed by atoms with Gasteiger partial charge in [0, 0.05) is 76.9 Å². The van der Waals surface area contributed by atoms with Crippen LogP contribution in [0.2, 0.25) is 5.02 Å². The molecule has 6 N–H and O–H groups in total. The molecule has 0 bridgehead atoms. The lowest BCUT2D eigenvalue weighted by Crippen LogP contribution is -2.44. The van der Waals surface area contributed by atoms with E-state index < -0.39 is 12.7 Å². The summed E-state index contributed by atoms with van der Waals surface area (Å²) < 4.78 is 42.2. The van der Waals surface area contributed by atoms with Crippen LogP contribution in [0.15, 0.2) is 77.8 Å². The molecule has 7 rings (SSSR count). The van der Waals surface area contributed by atoms with Crippen LogP contribution in [0.25, 0.3) is 10.9 Å². The van der Waals surface area contributed by atoms with Crippen molar-refractivity contribution in [3.05, 3.63) is 105 Å². The monoisotopic (exact) mass is 1030 g/mol. The van der Waals surface area contributed by atoms with Gasteiger partial charge in [0.05, 0.1) is 36.6 Å². The zero-order chi connectivity index (χ0) is 51.2. The van der Waals surface area contributed by atoms with Crippen LogP contribution < -0.4 is 31.5 Å². The molecule has 4 heterocycles. The third-order valence-corrected chi connectivity index (χ3v) is 15.1. The van der Waals surface area contributed by atoms with Gasteiger partial charge in [-0.15, -0.1) is 11.3 Å². The van der Waals surface area contributed by atoms with Crippen molar-refractivity contribution in [3.63, 3.8) is 0 Å². The van der Waals surface area contributed by atoms with Crippen molar-refractivity contribution in [2.24, 2.45) is 4.99 Å². The molecule has 378 valence electrons. The van der Waals surface area contributed by atoms with Crippen LogP contribution in [0, 0.1) is 36.5 Å². The zero-order valence-corrected chi connectivity index (χ0v) is 43.8. The van der Waals surface area contributed by atoms with E-state index in [1.54, 1.807) is 41.4 Å². The zero-order valence-electron chi connectivity index (χ0n) is 41.4. The van der Waals surface area contributed by atoms with Crippen molar-refractivity contribution >= 4 is 92.6 Å². The van der Waals surface area contributed by atoms with Crippen LogP contribution in [0.4, 0.5) is 29.5 Å². The number of nitrogens with zero attached hydrogens (tertiary/aromatic N) is 4.